The van der Waals surface area contributed by atoms with Gasteiger partial charge in [-0.2, -0.15) is 0 Å². The topological polar surface area (TPSA) is 74.0 Å². The Kier molecular flexibility index (Phi) is 6.10. The van der Waals surface area contributed by atoms with Crippen LogP contribution in [0, 0.1) is 5.82 Å². The maximum atomic E-state index is 13.6. The van der Waals surface area contributed by atoms with Crippen molar-refractivity contribution in [3.05, 3.63) is 83.1 Å². The van der Waals surface area contributed by atoms with Crippen molar-refractivity contribution in [2.75, 3.05) is 26.2 Å². The quantitative estimate of drug-likeness (QED) is 0.527. The number of Topliss-reactive ketones (excluding diaryl/α,β-unsaturated/α-hetero) is 1. The number of nitrogens with zero attached hydrogens (tertiary/aromatic N) is 2. The van der Waals surface area contributed by atoms with E-state index in [1.165, 1.54) is 29.2 Å². The van der Waals surface area contributed by atoms with Crippen molar-refractivity contribution in [2.45, 2.75) is 19.9 Å². The lowest BCUT2D eigenvalue weighted by atomic mass is 9.95. The molecule has 1 aliphatic heterocycles. The molecule has 166 valence electrons. The van der Waals surface area contributed by atoms with E-state index in [4.69, 9.17) is 4.42 Å². The number of furan rings is 1. The fraction of sp³-hybridized carbons (Fsp3) is 0.280. The minimum absolute atomic E-state index is 0.0401. The number of likely N-dealkylation sites (N-methyl/N-ethyl adjacent to an activating group) is 1. The number of carbonyl (C=O) groups is 2. The van der Waals surface area contributed by atoms with Crippen LogP contribution in [0.4, 0.5) is 4.39 Å². The summed E-state index contributed by atoms with van der Waals surface area (Å²) in [5, 5.41) is 11.5. The molecule has 1 aliphatic rings. The van der Waals surface area contributed by atoms with Crippen LogP contribution in [0.25, 0.3) is 11.0 Å². The number of benzene rings is 2. The molecule has 0 bridgehead atoms. The van der Waals surface area contributed by atoms with Gasteiger partial charge in [-0.15, -0.1) is 0 Å². The molecule has 0 saturated carbocycles. The molecule has 6 nitrogen and oxygen atoms in total. The van der Waals surface area contributed by atoms with Crippen molar-refractivity contribution in [2.24, 2.45) is 0 Å². The van der Waals surface area contributed by atoms with Crippen molar-refractivity contribution in [3.8, 4) is 0 Å². The SMILES string of the molecule is CCN(CC)CCN1C(=O)C(O)=C(C(=O)c2cc3ccccc3o2)C1c1ccc(F)cc1. The zero-order valence-electron chi connectivity index (χ0n) is 18.0. The Morgan fingerprint density at radius 2 is 1.81 bits per heavy atom. The zero-order chi connectivity index (χ0) is 22.8. The minimum Gasteiger partial charge on any atom is -0.503 e. The van der Waals surface area contributed by atoms with E-state index in [0.717, 1.165) is 18.5 Å². The van der Waals surface area contributed by atoms with Crippen LogP contribution in [0.5, 0.6) is 0 Å². The summed E-state index contributed by atoms with van der Waals surface area (Å²) in [6.07, 6.45) is 0. The second kappa shape index (κ2) is 8.96. The second-order valence-corrected chi connectivity index (χ2v) is 7.72. The van der Waals surface area contributed by atoms with Gasteiger partial charge in [0.25, 0.3) is 5.91 Å². The normalized spacial score (nSPS) is 16.6. The number of aliphatic hydroxyl groups excluding tert-OH is 1. The fourth-order valence-electron chi connectivity index (χ4n) is 4.12. The molecule has 1 atom stereocenters. The van der Waals surface area contributed by atoms with E-state index in [0.29, 0.717) is 24.2 Å². The highest BCUT2D eigenvalue weighted by Gasteiger charge is 2.44. The predicted octanol–water partition coefficient (Wildman–Crippen LogP) is 4.49. The summed E-state index contributed by atoms with van der Waals surface area (Å²) in [7, 11) is 0. The Hall–Kier alpha value is -3.45. The summed E-state index contributed by atoms with van der Waals surface area (Å²) in [5.74, 6) is -2.16. The van der Waals surface area contributed by atoms with Crippen LogP contribution >= 0.6 is 0 Å². The molecule has 3 aromatic rings. The standard InChI is InChI=1S/C25H25FN2O4/c1-3-27(4-2)13-14-28-22(16-9-11-18(26)12-10-16)21(24(30)25(28)31)23(29)20-15-17-7-5-6-8-19(17)32-20/h5-12,15,22,30H,3-4,13-14H2,1-2H3. The zero-order valence-corrected chi connectivity index (χ0v) is 18.0. The molecule has 0 radical (unpaired) electrons. The van der Waals surface area contributed by atoms with E-state index in [2.05, 4.69) is 4.90 Å². The van der Waals surface area contributed by atoms with Crippen molar-refractivity contribution in [3.63, 3.8) is 0 Å². The van der Waals surface area contributed by atoms with Gasteiger partial charge >= 0.3 is 0 Å². The van der Waals surface area contributed by atoms with Crippen LogP contribution in [-0.4, -0.2) is 52.8 Å². The van der Waals surface area contributed by atoms with E-state index >= 15 is 0 Å². The number of ketones is 1. The van der Waals surface area contributed by atoms with Gasteiger partial charge in [-0.05, 0) is 42.9 Å². The maximum absolute atomic E-state index is 13.6. The molecule has 4 rings (SSSR count). The van der Waals surface area contributed by atoms with Crippen LogP contribution in [0.2, 0.25) is 0 Å². The van der Waals surface area contributed by atoms with Crippen molar-refractivity contribution < 1.29 is 23.5 Å². The van der Waals surface area contributed by atoms with E-state index < -0.39 is 29.3 Å². The summed E-state index contributed by atoms with van der Waals surface area (Å²) in [5.41, 5.74) is 1.03. The smallest absolute Gasteiger partial charge is 0.290 e. The molecule has 2 aromatic carbocycles. The Morgan fingerprint density at radius 3 is 2.47 bits per heavy atom. The fourth-order valence-corrected chi connectivity index (χ4v) is 4.12. The van der Waals surface area contributed by atoms with Crippen LogP contribution in [0.1, 0.15) is 36.0 Å². The predicted molar refractivity (Wildman–Crippen MR) is 119 cm³/mol. The monoisotopic (exact) mass is 436 g/mol. The van der Waals surface area contributed by atoms with Gasteiger partial charge in [-0.3, -0.25) is 9.59 Å². The lowest BCUT2D eigenvalue weighted by molar-refractivity contribution is -0.129. The number of carbonyl (C=O) groups excluding carboxylic acids is 2. The van der Waals surface area contributed by atoms with Crippen molar-refractivity contribution in [1.29, 1.82) is 0 Å². The first kappa shape index (κ1) is 21.8. The molecular weight excluding hydrogens is 411 g/mol. The summed E-state index contributed by atoms with van der Waals surface area (Å²) in [6, 6.07) is 13.6. The summed E-state index contributed by atoms with van der Waals surface area (Å²) >= 11 is 0. The minimum atomic E-state index is -0.834. The van der Waals surface area contributed by atoms with E-state index in [1.807, 2.05) is 26.0 Å². The Morgan fingerprint density at radius 1 is 1.12 bits per heavy atom. The number of aliphatic hydroxyl groups is 1. The molecule has 7 heteroatoms. The number of fused-ring (bicyclic) bond motifs is 1. The van der Waals surface area contributed by atoms with Crippen LogP contribution in [-0.2, 0) is 4.79 Å². The molecule has 1 N–H and O–H groups in total. The average molecular weight is 436 g/mol. The summed E-state index contributed by atoms with van der Waals surface area (Å²) in [6.45, 7) is 6.56. The molecule has 32 heavy (non-hydrogen) atoms. The number of para-hydroxylation sites is 1. The van der Waals surface area contributed by atoms with Gasteiger partial charge in [-0.1, -0.05) is 44.2 Å². The highest BCUT2D eigenvalue weighted by atomic mass is 19.1. The summed E-state index contributed by atoms with van der Waals surface area (Å²) < 4.78 is 19.3. The molecule has 2 heterocycles. The van der Waals surface area contributed by atoms with E-state index in [1.54, 1.807) is 18.2 Å². The van der Waals surface area contributed by atoms with Gasteiger partial charge < -0.3 is 19.3 Å². The summed E-state index contributed by atoms with van der Waals surface area (Å²) in [4.78, 5) is 30.1. The van der Waals surface area contributed by atoms with Crippen LogP contribution in [0.3, 0.4) is 0 Å². The third-order valence-corrected chi connectivity index (χ3v) is 5.93. The van der Waals surface area contributed by atoms with Gasteiger partial charge in [0.15, 0.2) is 11.5 Å². The molecular formula is C25H25FN2O4. The van der Waals surface area contributed by atoms with Gasteiger partial charge in [0.2, 0.25) is 5.78 Å². The molecule has 0 spiro atoms. The van der Waals surface area contributed by atoms with Crippen molar-refractivity contribution in [1.82, 2.24) is 9.80 Å². The van der Waals surface area contributed by atoms with Crippen LogP contribution < -0.4 is 0 Å². The maximum Gasteiger partial charge on any atom is 0.290 e. The largest absolute Gasteiger partial charge is 0.503 e. The molecule has 0 saturated heterocycles. The Bertz CT molecular complexity index is 1150. The Balaban J connectivity index is 1.74. The molecule has 1 unspecified atom stereocenters. The highest BCUT2D eigenvalue weighted by Crippen LogP contribution is 2.39. The highest BCUT2D eigenvalue weighted by molar-refractivity contribution is 6.16. The van der Waals surface area contributed by atoms with Gasteiger partial charge in [0.05, 0.1) is 11.6 Å². The third-order valence-electron chi connectivity index (χ3n) is 5.93. The second-order valence-electron chi connectivity index (χ2n) is 7.72. The number of rotatable bonds is 8. The lowest BCUT2D eigenvalue weighted by Gasteiger charge is -2.29. The van der Waals surface area contributed by atoms with E-state index in [9.17, 15) is 19.1 Å². The lowest BCUT2D eigenvalue weighted by Crippen LogP contribution is -2.38. The third kappa shape index (κ3) is 3.91. The van der Waals surface area contributed by atoms with Gasteiger partial charge in [-0.25, -0.2) is 4.39 Å². The van der Waals surface area contributed by atoms with Crippen molar-refractivity contribution >= 4 is 22.7 Å². The molecule has 1 amide bonds. The molecule has 1 aromatic heterocycles. The van der Waals surface area contributed by atoms with Gasteiger partial charge in [0, 0.05) is 18.5 Å². The Labute approximate surface area is 185 Å². The molecule has 0 fully saturated rings. The number of hydrogen-bond donors (Lipinski definition) is 1. The van der Waals surface area contributed by atoms with E-state index in [-0.39, 0.29) is 11.3 Å². The number of hydrogen-bond acceptors (Lipinski definition) is 5. The van der Waals surface area contributed by atoms with Crippen LogP contribution in [0.15, 0.2) is 70.3 Å². The van der Waals surface area contributed by atoms with Gasteiger partial charge in [0.1, 0.15) is 11.4 Å². The number of halogens is 1. The average Bonchev–Trinajstić information content (AvgIpc) is 3.34. The first-order valence-electron chi connectivity index (χ1n) is 10.7. The first-order chi connectivity index (χ1) is 15.4. The first-order valence-corrected chi connectivity index (χ1v) is 10.7. The molecule has 0 aliphatic carbocycles. The number of amides is 1.